The summed E-state index contributed by atoms with van der Waals surface area (Å²) < 4.78 is 58.3. The van der Waals surface area contributed by atoms with Crippen molar-refractivity contribution in [2.24, 2.45) is 7.05 Å². The van der Waals surface area contributed by atoms with Crippen molar-refractivity contribution >= 4 is 35.2 Å². The van der Waals surface area contributed by atoms with Crippen molar-refractivity contribution in [3.63, 3.8) is 0 Å². The molecule has 0 saturated carbocycles. The van der Waals surface area contributed by atoms with E-state index in [0.717, 1.165) is 24.9 Å². The van der Waals surface area contributed by atoms with E-state index in [1.54, 1.807) is 0 Å². The van der Waals surface area contributed by atoms with Gasteiger partial charge in [0, 0.05) is 19.7 Å². The van der Waals surface area contributed by atoms with Crippen molar-refractivity contribution in [2.45, 2.75) is 29.8 Å². The Morgan fingerprint density at radius 1 is 1.30 bits per heavy atom. The highest BCUT2D eigenvalue weighted by Crippen LogP contribution is 2.31. The van der Waals surface area contributed by atoms with E-state index in [1.807, 2.05) is 0 Å². The van der Waals surface area contributed by atoms with E-state index < -0.39 is 51.9 Å². The van der Waals surface area contributed by atoms with Crippen LogP contribution in [-0.2, 0) is 27.5 Å². The maximum absolute atomic E-state index is 14.5. The average molecular weight is 513 g/mol. The molecule has 0 aliphatic rings. The molecule has 33 heavy (non-hydrogen) atoms. The molecule has 1 N–H and O–H groups in total. The standard InChI is InChI=1S/C18H17ClF4N4O5S/c1-8(15(30)24-5-4-13(29)32-3)33-16-9(19)6-10(20)14(25-16)27-12(28)7-11(18(21,22)23)26(2)17(27)31/h6-8H,4-5H2,1-3H3,(H,24,30). The van der Waals surface area contributed by atoms with Crippen LogP contribution >= 0.6 is 23.4 Å². The second kappa shape index (κ2) is 10.4. The van der Waals surface area contributed by atoms with Crippen LogP contribution in [-0.4, -0.2) is 44.9 Å². The van der Waals surface area contributed by atoms with E-state index in [2.05, 4.69) is 15.0 Å². The Balaban J connectivity index is 2.40. The van der Waals surface area contributed by atoms with Crippen molar-refractivity contribution in [3.05, 3.63) is 49.5 Å². The fourth-order valence-corrected chi connectivity index (χ4v) is 3.63. The van der Waals surface area contributed by atoms with Gasteiger partial charge < -0.3 is 10.1 Å². The van der Waals surface area contributed by atoms with E-state index in [4.69, 9.17) is 11.6 Å². The van der Waals surface area contributed by atoms with Crippen LogP contribution in [0.15, 0.2) is 26.7 Å². The van der Waals surface area contributed by atoms with Gasteiger partial charge in [0.15, 0.2) is 11.6 Å². The second-order valence-corrected chi connectivity index (χ2v) is 8.24. The molecular formula is C18H17ClF4N4O5S. The Kier molecular flexibility index (Phi) is 8.30. The van der Waals surface area contributed by atoms with Gasteiger partial charge in [-0.2, -0.15) is 13.2 Å². The lowest BCUT2D eigenvalue weighted by Gasteiger charge is -2.15. The quantitative estimate of drug-likeness (QED) is 0.342. The van der Waals surface area contributed by atoms with Crippen LogP contribution < -0.4 is 16.6 Å². The Bertz CT molecular complexity index is 1200. The zero-order valence-electron chi connectivity index (χ0n) is 17.3. The number of rotatable bonds is 7. The summed E-state index contributed by atoms with van der Waals surface area (Å²) in [7, 11) is 1.96. The van der Waals surface area contributed by atoms with E-state index in [9.17, 15) is 36.7 Å². The summed E-state index contributed by atoms with van der Waals surface area (Å²) >= 11 is 6.70. The van der Waals surface area contributed by atoms with Gasteiger partial charge in [0.05, 0.1) is 23.8 Å². The molecule has 1 unspecified atom stereocenters. The smallest absolute Gasteiger partial charge is 0.431 e. The Morgan fingerprint density at radius 3 is 2.52 bits per heavy atom. The van der Waals surface area contributed by atoms with Crippen molar-refractivity contribution in [2.75, 3.05) is 13.7 Å². The van der Waals surface area contributed by atoms with Crippen LogP contribution in [0.25, 0.3) is 5.82 Å². The van der Waals surface area contributed by atoms with Gasteiger partial charge in [0.25, 0.3) is 5.56 Å². The van der Waals surface area contributed by atoms with Gasteiger partial charge in [-0.15, -0.1) is 0 Å². The van der Waals surface area contributed by atoms with Crippen LogP contribution in [0.2, 0.25) is 5.02 Å². The van der Waals surface area contributed by atoms with Gasteiger partial charge in [-0.05, 0) is 13.0 Å². The molecule has 0 bridgehead atoms. The summed E-state index contributed by atoms with van der Waals surface area (Å²) in [5, 5.41) is 1.20. The average Bonchev–Trinajstić information content (AvgIpc) is 2.72. The SMILES string of the molecule is COC(=O)CCNC(=O)C(C)Sc1nc(-n2c(=O)cc(C(F)(F)F)n(C)c2=O)c(F)cc1Cl. The molecule has 2 heterocycles. The number of nitrogens with one attached hydrogen (secondary N) is 1. The fraction of sp³-hybridized carbons (Fsp3) is 0.389. The predicted octanol–water partition coefficient (Wildman–Crippen LogP) is 1.90. The zero-order chi connectivity index (χ0) is 25.1. The minimum Gasteiger partial charge on any atom is -0.469 e. The molecular weight excluding hydrogens is 496 g/mol. The molecule has 0 aromatic carbocycles. The number of esters is 1. The molecule has 0 spiro atoms. The van der Waals surface area contributed by atoms with Gasteiger partial charge in [0.2, 0.25) is 5.91 Å². The first-order valence-corrected chi connectivity index (χ1v) is 10.3. The van der Waals surface area contributed by atoms with Crippen LogP contribution in [0.1, 0.15) is 19.0 Å². The molecule has 0 aliphatic carbocycles. The number of amides is 1. The molecule has 0 saturated heterocycles. The lowest BCUT2D eigenvalue weighted by molar-refractivity contribution is -0.144. The van der Waals surface area contributed by atoms with Gasteiger partial charge >= 0.3 is 17.8 Å². The van der Waals surface area contributed by atoms with E-state index >= 15 is 0 Å². The van der Waals surface area contributed by atoms with Crippen molar-refractivity contribution in [1.29, 1.82) is 0 Å². The third-order valence-electron chi connectivity index (χ3n) is 4.21. The molecule has 15 heteroatoms. The third kappa shape index (κ3) is 6.13. The maximum atomic E-state index is 14.5. The van der Waals surface area contributed by atoms with Crippen LogP contribution in [0.3, 0.4) is 0 Å². The number of hydrogen-bond donors (Lipinski definition) is 1. The molecule has 1 amide bonds. The number of nitrogens with zero attached hydrogens (tertiary/aromatic N) is 3. The number of hydrogen-bond acceptors (Lipinski definition) is 7. The second-order valence-electron chi connectivity index (χ2n) is 6.50. The Morgan fingerprint density at radius 2 is 1.94 bits per heavy atom. The third-order valence-corrected chi connectivity index (χ3v) is 5.72. The largest absolute Gasteiger partial charge is 0.469 e. The van der Waals surface area contributed by atoms with Crippen LogP contribution in [0, 0.1) is 5.82 Å². The van der Waals surface area contributed by atoms with Gasteiger partial charge in [0.1, 0.15) is 10.7 Å². The number of aromatic nitrogens is 3. The lowest BCUT2D eigenvalue weighted by Crippen LogP contribution is -2.41. The van der Waals surface area contributed by atoms with E-state index in [-0.39, 0.29) is 38.2 Å². The van der Waals surface area contributed by atoms with Crippen molar-refractivity contribution in [3.8, 4) is 5.82 Å². The highest BCUT2D eigenvalue weighted by atomic mass is 35.5. The summed E-state index contributed by atoms with van der Waals surface area (Å²) in [5.74, 6) is -3.18. The molecule has 0 aliphatic heterocycles. The number of thioether (sulfide) groups is 1. The lowest BCUT2D eigenvalue weighted by atomic mass is 10.3. The Labute approximate surface area is 192 Å². The number of methoxy groups -OCH3 is 1. The highest BCUT2D eigenvalue weighted by Gasteiger charge is 2.35. The molecule has 9 nitrogen and oxygen atoms in total. The summed E-state index contributed by atoms with van der Waals surface area (Å²) in [6.45, 7) is 1.44. The first kappa shape index (κ1) is 26.4. The minimum atomic E-state index is -4.99. The van der Waals surface area contributed by atoms with Crippen LogP contribution in [0.5, 0.6) is 0 Å². The topological polar surface area (TPSA) is 112 Å². The number of halogens is 5. The van der Waals surface area contributed by atoms with Gasteiger partial charge in [-0.25, -0.2) is 18.7 Å². The molecule has 1 atom stereocenters. The van der Waals surface area contributed by atoms with Crippen molar-refractivity contribution in [1.82, 2.24) is 19.4 Å². The van der Waals surface area contributed by atoms with Crippen molar-refractivity contribution < 1.29 is 31.9 Å². The summed E-state index contributed by atoms with van der Waals surface area (Å²) in [6, 6.07) is 0.860. The maximum Gasteiger partial charge on any atom is 0.431 e. The number of ether oxygens (including phenoxy) is 1. The minimum absolute atomic E-state index is 0.0107. The molecule has 2 rings (SSSR count). The summed E-state index contributed by atoms with van der Waals surface area (Å²) in [6.07, 6.45) is -5.06. The molecule has 0 fully saturated rings. The predicted molar refractivity (Wildman–Crippen MR) is 110 cm³/mol. The molecule has 2 aromatic heterocycles. The summed E-state index contributed by atoms with van der Waals surface area (Å²) in [5.41, 5.74) is -4.45. The van der Waals surface area contributed by atoms with E-state index in [1.165, 1.54) is 14.0 Å². The number of carbonyl (C=O) groups is 2. The number of pyridine rings is 1. The van der Waals surface area contributed by atoms with Gasteiger partial charge in [-0.1, -0.05) is 23.4 Å². The number of carbonyl (C=O) groups excluding carboxylic acids is 2. The molecule has 0 radical (unpaired) electrons. The Hall–Kier alpha value is -2.87. The van der Waals surface area contributed by atoms with Crippen LogP contribution in [0.4, 0.5) is 17.6 Å². The summed E-state index contributed by atoms with van der Waals surface area (Å²) in [4.78, 5) is 51.8. The van der Waals surface area contributed by atoms with E-state index in [0.29, 0.717) is 0 Å². The monoisotopic (exact) mass is 512 g/mol. The number of alkyl halides is 3. The highest BCUT2D eigenvalue weighted by molar-refractivity contribution is 8.00. The first-order chi connectivity index (χ1) is 15.3. The molecule has 180 valence electrons. The normalized spacial score (nSPS) is 12.4. The molecule has 2 aromatic rings. The fourth-order valence-electron chi connectivity index (χ4n) is 2.53. The zero-order valence-corrected chi connectivity index (χ0v) is 18.9. The van der Waals surface area contributed by atoms with Gasteiger partial charge in [-0.3, -0.25) is 19.0 Å². The first-order valence-electron chi connectivity index (χ1n) is 9.05.